The molecule has 2 unspecified atom stereocenters. The molecule has 0 spiro atoms. The van der Waals surface area contributed by atoms with E-state index in [4.69, 9.17) is 9.47 Å². The summed E-state index contributed by atoms with van der Waals surface area (Å²) in [4.78, 5) is 14.1. The van der Waals surface area contributed by atoms with Crippen LogP contribution < -0.4 is 9.47 Å². The molecule has 21 heavy (non-hydrogen) atoms. The molecule has 2 atom stereocenters. The summed E-state index contributed by atoms with van der Waals surface area (Å²) in [6.45, 7) is 0.997. The maximum absolute atomic E-state index is 11.8. The topological polar surface area (TPSA) is 38.8 Å². The van der Waals surface area contributed by atoms with Crippen LogP contribution in [0.4, 0.5) is 0 Å². The first-order valence-electron chi connectivity index (χ1n) is 7.25. The largest absolute Gasteiger partial charge is 0.493 e. The molecule has 1 aromatic rings. The van der Waals surface area contributed by atoms with Crippen molar-refractivity contribution in [2.75, 3.05) is 27.8 Å². The number of carbonyl (C=O) groups is 1. The first-order chi connectivity index (χ1) is 10.1. The van der Waals surface area contributed by atoms with E-state index in [2.05, 4.69) is 24.1 Å². The number of ketones is 1. The number of likely N-dealkylation sites (tertiary alicyclic amines) is 1. The molecule has 0 radical (unpaired) electrons. The first kappa shape index (κ1) is 14.1. The van der Waals surface area contributed by atoms with Gasteiger partial charge in [-0.2, -0.15) is 0 Å². The van der Waals surface area contributed by atoms with Gasteiger partial charge < -0.3 is 14.4 Å². The quantitative estimate of drug-likeness (QED) is 0.854. The van der Waals surface area contributed by atoms with Crippen LogP contribution in [0.2, 0.25) is 0 Å². The lowest BCUT2D eigenvalue weighted by Crippen LogP contribution is -2.43. The minimum Gasteiger partial charge on any atom is -0.493 e. The van der Waals surface area contributed by atoms with Crippen molar-refractivity contribution in [2.24, 2.45) is 0 Å². The van der Waals surface area contributed by atoms with Crippen LogP contribution in [0.3, 0.4) is 0 Å². The fourth-order valence-electron chi connectivity index (χ4n) is 3.67. The molecule has 0 aromatic heterocycles. The lowest BCUT2D eigenvalue weighted by molar-refractivity contribution is -0.116. The maximum Gasteiger partial charge on any atom is 0.161 e. The number of carbonyl (C=O) groups excluding carboxylic acids is 1. The second-order valence-electron chi connectivity index (χ2n) is 5.86. The Hall–Kier alpha value is -1.81. The van der Waals surface area contributed by atoms with Crippen molar-refractivity contribution in [2.45, 2.75) is 24.3 Å². The molecule has 1 aromatic carbocycles. The molecule has 0 bridgehead atoms. The lowest BCUT2D eigenvalue weighted by Gasteiger charge is -2.37. The summed E-state index contributed by atoms with van der Waals surface area (Å²) in [5.74, 6) is 1.68. The zero-order valence-corrected chi connectivity index (χ0v) is 12.8. The second-order valence-corrected chi connectivity index (χ2v) is 5.86. The zero-order chi connectivity index (χ0) is 15.0. The predicted molar refractivity (Wildman–Crippen MR) is 81.0 cm³/mol. The van der Waals surface area contributed by atoms with Gasteiger partial charge in [0.05, 0.1) is 14.2 Å². The molecular formula is C17H21NO3. The predicted octanol–water partition coefficient (Wildman–Crippen LogP) is 2.17. The van der Waals surface area contributed by atoms with Gasteiger partial charge in [-0.25, -0.2) is 0 Å². The molecule has 4 nitrogen and oxygen atoms in total. The Kier molecular flexibility index (Phi) is 3.49. The number of rotatable bonds is 3. The van der Waals surface area contributed by atoms with Gasteiger partial charge in [0.25, 0.3) is 0 Å². The molecule has 1 aliphatic heterocycles. The Labute approximate surface area is 125 Å². The van der Waals surface area contributed by atoms with Gasteiger partial charge in [-0.3, -0.25) is 4.79 Å². The van der Waals surface area contributed by atoms with E-state index in [0.29, 0.717) is 6.42 Å². The molecule has 1 aliphatic carbocycles. The zero-order valence-electron chi connectivity index (χ0n) is 12.8. The molecular weight excluding hydrogens is 266 g/mol. The first-order valence-corrected chi connectivity index (χ1v) is 7.25. The van der Waals surface area contributed by atoms with Gasteiger partial charge in [0.2, 0.25) is 0 Å². The van der Waals surface area contributed by atoms with Crippen molar-refractivity contribution in [1.29, 1.82) is 0 Å². The van der Waals surface area contributed by atoms with Gasteiger partial charge in [0, 0.05) is 17.9 Å². The molecule has 2 aliphatic rings. The van der Waals surface area contributed by atoms with Crippen LogP contribution in [-0.2, 0) is 10.2 Å². The monoisotopic (exact) mass is 287 g/mol. The number of hydrogen-bond acceptors (Lipinski definition) is 4. The minimum atomic E-state index is -0.0950. The molecule has 112 valence electrons. The van der Waals surface area contributed by atoms with Gasteiger partial charge in [-0.1, -0.05) is 12.1 Å². The number of fused-ring (bicyclic) bond motifs is 1. The Morgan fingerprint density at radius 1 is 1.24 bits per heavy atom. The molecule has 0 saturated carbocycles. The van der Waals surface area contributed by atoms with Crippen molar-refractivity contribution < 1.29 is 14.3 Å². The average molecular weight is 287 g/mol. The molecule has 1 heterocycles. The van der Waals surface area contributed by atoms with Gasteiger partial charge in [0.15, 0.2) is 17.3 Å². The van der Waals surface area contributed by atoms with Crippen LogP contribution in [0.1, 0.15) is 18.4 Å². The highest BCUT2D eigenvalue weighted by Gasteiger charge is 2.48. The van der Waals surface area contributed by atoms with E-state index < -0.39 is 0 Å². The number of allylic oxidation sites excluding steroid dienone is 1. The Morgan fingerprint density at radius 3 is 2.71 bits per heavy atom. The summed E-state index contributed by atoms with van der Waals surface area (Å²) in [6, 6.07) is 6.31. The third-order valence-corrected chi connectivity index (χ3v) is 4.89. The average Bonchev–Trinajstić information content (AvgIpc) is 2.85. The van der Waals surface area contributed by atoms with Crippen LogP contribution in [0, 0.1) is 0 Å². The van der Waals surface area contributed by atoms with Crippen molar-refractivity contribution in [3.8, 4) is 11.5 Å². The third kappa shape index (κ3) is 2.14. The summed E-state index contributed by atoms with van der Waals surface area (Å²) in [5.41, 5.74) is 1.10. The minimum absolute atomic E-state index is 0.0950. The van der Waals surface area contributed by atoms with E-state index in [-0.39, 0.29) is 17.2 Å². The maximum atomic E-state index is 11.8. The smallest absolute Gasteiger partial charge is 0.161 e. The molecule has 0 amide bonds. The van der Waals surface area contributed by atoms with Gasteiger partial charge in [0.1, 0.15) is 0 Å². The number of hydrogen-bond donors (Lipinski definition) is 0. The van der Waals surface area contributed by atoms with Gasteiger partial charge in [-0.05, 0) is 43.8 Å². The van der Waals surface area contributed by atoms with Gasteiger partial charge >= 0.3 is 0 Å². The number of benzene rings is 1. The fraction of sp³-hybridized carbons (Fsp3) is 0.471. The summed E-state index contributed by atoms with van der Waals surface area (Å²) < 4.78 is 10.7. The summed E-state index contributed by atoms with van der Waals surface area (Å²) in [5, 5.41) is 0. The highest BCUT2D eigenvalue weighted by atomic mass is 16.5. The van der Waals surface area contributed by atoms with Crippen molar-refractivity contribution in [1.82, 2.24) is 4.90 Å². The Balaban J connectivity index is 2.09. The van der Waals surface area contributed by atoms with E-state index in [9.17, 15) is 4.79 Å². The third-order valence-electron chi connectivity index (χ3n) is 4.89. The van der Waals surface area contributed by atoms with Crippen molar-refractivity contribution in [3.63, 3.8) is 0 Å². The van der Waals surface area contributed by atoms with Crippen LogP contribution in [-0.4, -0.2) is 44.5 Å². The summed E-state index contributed by atoms with van der Waals surface area (Å²) >= 11 is 0. The number of likely N-dealkylation sites (N-methyl/N-ethyl adjacent to an activating group) is 1. The molecule has 1 fully saturated rings. The van der Waals surface area contributed by atoms with E-state index >= 15 is 0 Å². The highest BCUT2D eigenvalue weighted by Crippen LogP contribution is 2.46. The number of nitrogens with zero attached hydrogens (tertiary/aromatic N) is 1. The van der Waals surface area contributed by atoms with Crippen LogP contribution in [0.15, 0.2) is 30.4 Å². The normalized spacial score (nSPS) is 28.5. The van der Waals surface area contributed by atoms with Crippen molar-refractivity contribution >= 4 is 5.78 Å². The van der Waals surface area contributed by atoms with E-state index in [1.54, 1.807) is 20.3 Å². The standard InChI is InChI=1S/C17H21NO3/c1-18-9-8-17(7-6-13(19)11-16(17)18)12-4-5-14(20-2)15(10-12)21-3/h4-7,10,16H,8-9,11H2,1-3H3. The Morgan fingerprint density at radius 2 is 2.00 bits per heavy atom. The molecule has 1 saturated heterocycles. The second kappa shape index (κ2) is 5.19. The molecule has 4 heteroatoms. The summed E-state index contributed by atoms with van der Waals surface area (Å²) in [6.07, 6.45) is 5.44. The molecule has 3 rings (SSSR count). The van der Waals surface area contributed by atoms with Crippen LogP contribution in [0.5, 0.6) is 11.5 Å². The van der Waals surface area contributed by atoms with E-state index in [0.717, 1.165) is 24.5 Å². The number of methoxy groups -OCH3 is 2. The highest BCUT2D eigenvalue weighted by molar-refractivity contribution is 5.92. The lowest BCUT2D eigenvalue weighted by atomic mass is 9.69. The fourth-order valence-corrected chi connectivity index (χ4v) is 3.67. The molecule has 0 N–H and O–H groups in total. The van der Waals surface area contributed by atoms with E-state index in [1.165, 1.54) is 5.56 Å². The van der Waals surface area contributed by atoms with E-state index in [1.807, 2.05) is 12.1 Å². The van der Waals surface area contributed by atoms with Gasteiger partial charge in [-0.15, -0.1) is 0 Å². The number of ether oxygens (including phenoxy) is 2. The Bertz CT molecular complexity index is 596. The van der Waals surface area contributed by atoms with Crippen molar-refractivity contribution in [3.05, 3.63) is 35.9 Å². The summed E-state index contributed by atoms with van der Waals surface area (Å²) in [7, 11) is 5.39. The SMILES string of the molecule is COc1ccc(C23C=CC(=O)CC2N(C)CC3)cc1OC. The van der Waals surface area contributed by atoms with Crippen LogP contribution in [0.25, 0.3) is 0 Å². The van der Waals surface area contributed by atoms with Crippen LogP contribution >= 0.6 is 0 Å².